The van der Waals surface area contributed by atoms with Crippen LogP contribution in [0.4, 0.5) is 23.7 Å². The van der Waals surface area contributed by atoms with Crippen molar-refractivity contribution in [3.8, 4) is 16.9 Å². The van der Waals surface area contributed by atoms with Gasteiger partial charge in [0.2, 0.25) is 0 Å². The first-order chi connectivity index (χ1) is 11.4. The number of ether oxygens (including phenoxy) is 2. The second kappa shape index (κ2) is 5.15. The molecular formula is C17H12F3NO3. The Morgan fingerprint density at radius 2 is 1.79 bits per heavy atom. The van der Waals surface area contributed by atoms with Crippen molar-refractivity contribution in [1.82, 2.24) is 0 Å². The van der Waals surface area contributed by atoms with Crippen molar-refractivity contribution < 1.29 is 27.4 Å². The number of benzene rings is 2. The molecule has 2 heterocycles. The molecule has 24 heavy (non-hydrogen) atoms. The Morgan fingerprint density at radius 1 is 1.00 bits per heavy atom. The fourth-order valence-electron chi connectivity index (χ4n) is 3.10. The molecule has 2 aliphatic rings. The number of fused-ring (bicyclic) bond motifs is 5. The highest BCUT2D eigenvalue weighted by atomic mass is 19.4. The van der Waals surface area contributed by atoms with Gasteiger partial charge in [-0.05, 0) is 29.3 Å². The van der Waals surface area contributed by atoms with Crippen molar-refractivity contribution in [2.45, 2.75) is 19.2 Å². The largest absolute Gasteiger partial charge is 0.493 e. The summed E-state index contributed by atoms with van der Waals surface area (Å²) in [5.74, 6) is 0.212. The van der Waals surface area contributed by atoms with Gasteiger partial charge in [0, 0.05) is 17.5 Å². The number of carbonyl (C=O) groups is 1. The van der Waals surface area contributed by atoms with Gasteiger partial charge >= 0.3 is 12.3 Å². The van der Waals surface area contributed by atoms with Gasteiger partial charge < -0.3 is 9.47 Å². The molecule has 0 spiro atoms. The van der Waals surface area contributed by atoms with Crippen molar-refractivity contribution in [1.29, 1.82) is 0 Å². The average molecular weight is 335 g/mol. The summed E-state index contributed by atoms with van der Waals surface area (Å²) in [5, 5.41) is 2.63. The van der Waals surface area contributed by atoms with Gasteiger partial charge in [0.05, 0.1) is 17.9 Å². The summed E-state index contributed by atoms with van der Waals surface area (Å²) < 4.78 is 49.3. The van der Waals surface area contributed by atoms with E-state index in [1.54, 1.807) is 12.1 Å². The molecule has 0 saturated carbocycles. The van der Waals surface area contributed by atoms with E-state index in [0.29, 0.717) is 17.7 Å². The molecule has 0 aliphatic carbocycles. The van der Waals surface area contributed by atoms with Crippen LogP contribution in [-0.2, 0) is 23.9 Å². The molecule has 7 heteroatoms. The number of nitrogens with one attached hydrogen (secondary N) is 1. The van der Waals surface area contributed by atoms with E-state index in [9.17, 15) is 18.0 Å². The Morgan fingerprint density at radius 3 is 2.58 bits per heavy atom. The van der Waals surface area contributed by atoms with E-state index in [1.165, 1.54) is 6.07 Å². The molecule has 0 bridgehead atoms. The molecule has 0 fully saturated rings. The topological polar surface area (TPSA) is 47.6 Å². The first-order valence-electron chi connectivity index (χ1n) is 7.36. The number of anilines is 1. The van der Waals surface area contributed by atoms with Crippen LogP contribution in [0.15, 0.2) is 30.3 Å². The lowest BCUT2D eigenvalue weighted by molar-refractivity contribution is -0.137. The lowest BCUT2D eigenvalue weighted by Gasteiger charge is -2.22. The molecule has 0 saturated heterocycles. The van der Waals surface area contributed by atoms with Crippen molar-refractivity contribution in [3.63, 3.8) is 0 Å². The van der Waals surface area contributed by atoms with Crippen molar-refractivity contribution in [2.24, 2.45) is 0 Å². The zero-order chi connectivity index (χ0) is 16.9. The number of carbonyl (C=O) groups excluding carboxylic acids is 1. The second-order valence-electron chi connectivity index (χ2n) is 5.63. The lowest BCUT2D eigenvalue weighted by atomic mass is 9.92. The number of cyclic esters (lactones) is 1. The van der Waals surface area contributed by atoms with E-state index in [4.69, 9.17) is 9.47 Å². The first-order valence-corrected chi connectivity index (χ1v) is 7.36. The van der Waals surface area contributed by atoms with Gasteiger partial charge in [-0.3, -0.25) is 5.32 Å². The van der Waals surface area contributed by atoms with Gasteiger partial charge in [-0.1, -0.05) is 12.1 Å². The third kappa shape index (κ3) is 2.36. The van der Waals surface area contributed by atoms with E-state index in [1.807, 2.05) is 0 Å². The summed E-state index contributed by atoms with van der Waals surface area (Å²) in [6, 6.07) is 7.04. The fourth-order valence-corrected chi connectivity index (χ4v) is 3.10. The SMILES string of the molecule is O=C1Nc2ccc3c(c2CO1)CCOc1cc(C(F)(F)F)ccc1-3. The normalized spacial score (nSPS) is 15.9. The molecule has 2 aromatic carbocycles. The molecule has 0 aromatic heterocycles. The molecule has 1 amide bonds. The van der Waals surface area contributed by atoms with Crippen LogP contribution < -0.4 is 10.1 Å². The average Bonchev–Trinajstić information content (AvgIpc) is 2.72. The Bertz CT molecular complexity index is 846. The first kappa shape index (κ1) is 14.9. The van der Waals surface area contributed by atoms with E-state index < -0.39 is 17.8 Å². The summed E-state index contributed by atoms with van der Waals surface area (Å²) in [4.78, 5) is 11.3. The van der Waals surface area contributed by atoms with Gasteiger partial charge in [0.25, 0.3) is 0 Å². The van der Waals surface area contributed by atoms with Crippen LogP contribution in [-0.4, -0.2) is 12.7 Å². The van der Waals surface area contributed by atoms with Crippen LogP contribution in [0, 0.1) is 0 Å². The minimum atomic E-state index is -4.42. The molecule has 1 N–H and O–H groups in total. The molecule has 2 aliphatic heterocycles. The van der Waals surface area contributed by atoms with Gasteiger partial charge in [-0.25, -0.2) is 4.79 Å². The minimum Gasteiger partial charge on any atom is -0.493 e. The van der Waals surface area contributed by atoms with Crippen LogP contribution in [0.5, 0.6) is 5.75 Å². The zero-order valence-corrected chi connectivity index (χ0v) is 12.4. The van der Waals surface area contributed by atoms with E-state index in [0.717, 1.165) is 28.8 Å². The Labute approximate surface area is 135 Å². The van der Waals surface area contributed by atoms with Crippen LogP contribution in [0.3, 0.4) is 0 Å². The summed E-state index contributed by atoms with van der Waals surface area (Å²) >= 11 is 0. The van der Waals surface area contributed by atoms with Gasteiger partial charge in [0.1, 0.15) is 12.4 Å². The number of hydrogen-bond donors (Lipinski definition) is 1. The number of hydrogen-bond acceptors (Lipinski definition) is 3. The molecule has 0 unspecified atom stereocenters. The quantitative estimate of drug-likeness (QED) is 0.778. The van der Waals surface area contributed by atoms with Gasteiger partial charge in [-0.15, -0.1) is 0 Å². The van der Waals surface area contributed by atoms with Crippen LogP contribution in [0.1, 0.15) is 16.7 Å². The number of amides is 1. The Balaban J connectivity index is 1.86. The maximum atomic E-state index is 12.9. The predicted molar refractivity (Wildman–Crippen MR) is 79.9 cm³/mol. The maximum absolute atomic E-state index is 12.9. The van der Waals surface area contributed by atoms with Crippen molar-refractivity contribution in [2.75, 3.05) is 11.9 Å². The second-order valence-corrected chi connectivity index (χ2v) is 5.63. The molecular weight excluding hydrogens is 323 g/mol. The van der Waals surface area contributed by atoms with Crippen LogP contribution >= 0.6 is 0 Å². The van der Waals surface area contributed by atoms with E-state index in [2.05, 4.69) is 5.32 Å². The summed E-state index contributed by atoms with van der Waals surface area (Å²) in [6.07, 6.45) is -4.41. The number of rotatable bonds is 0. The van der Waals surface area contributed by atoms with Crippen molar-refractivity contribution >= 4 is 11.8 Å². The Kier molecular flexibility index (Phi) is 3.19. The minimum absolute atomic E-state index is 0.139. The molecule has 0 radical (unpaired) electrons. The lowest BCUT2D eigenvalue weighted by Crippen LogP contribution is -2.22. The smallest absolute Gasteiger partial charge is 0.416 e. The Hall–Kier alpha value is -2.70. The summed E-state index contributed by atoms with van der Waals surface area (Å²) in [5.41, 5.74) is 3.10. The van der Waals surface area contributed by atoms with E-state index >= 15 is 0 Å². The third-order valence-corrected chi connectivity index (χ3v) is 4.22. The van der Waals surface area contributed by atoms with Gasteiger partial charge in [0.15, 0.2) is 0 Å². The molecule has 124 valence electrons. The zero-order valence-electron chi connectivity index (χ0n) is 12.4. The fraction of sp³-hybridized carbons (Fsp3) is 0.235. The highest BCUT2D eigenvalue weighted by molar-refractivity contribution is 5.90. The molecule has 0 atom stereocenters. The summed E-state index contributed by atoms with van der Waals surface area (Å²) in [6.45, 7) is 0.395. The van der Waals surface area contributed by atoms with Gasteiger partial charge in [-0.2, -0.15) is 13.2 Å². The number of alkyl halides is 3. The highest BCUT2D eigenvalue weighted by Crippen LogP contribution is 2.42. The maximum Gasteiger partial charge on any atom is 0.416 e. The van der Waals surface area contributed by atoms with Crippen LogP contribution in [0.2, 0.25) is 0 Å². The molecule has 4 nitrogen and oxygen atoms in total. The monoisotopic (exact) mass is 335 g/mol. The van der Waals surface area contributed by atoms with E-state index in [-0.39, 0.29) is 19.0 Å². The summed E-state index contributed by atoms with van der Waals surface area (Å²) in [7, 11) is 0. The molecule has 2 aromatic rings. The highest BCUT2D eigenvalue weighted by Gasteiger charge is 2.32. The van der Waals surface area contributed by atoms with Crippen molar-refractivity contribution in [3.05, 3.63) is 47.0 Å². The standard InChI is InChI=1S/C17H12F3NO3/c18-17(19,20)9-1-2-12-10-3-4-14-13(8-24-16(22)21-14)11(10)5-6-23-15(12)7-9/h1-4,7H,5-6,8H2,(H,21,22). The predicted octanol–water partition coefficient (Wildman–Crippen LogP) is 4.37. The van der Waals surface area contributed by atoms with Crippen LogP contribution in [0.25, 0.3) is 11.1 Å². The number of halogens is 3. The molecule has 4 rings (SSSR count). The third-order valence-electron chi connectivity index (χ3n) is 4.22.